The van der Waals surface area contributed by atoms with Gasteiger partial charge in [0.05, 0.1) is 27.8 Å². The third-order valence-electron chi connectivity index (χ3n) is 15.2. The zero-order valence-corrected chi connectivity index (χ0v) is 38.1. The molecule has 326 valence electrons. The highest BCUT2D eigenvalue weighted by Gasteiger charge is 2.51. The molecule has 15 rings (SSSR count). The average Bonchev–Trinajstić information content (AvgIpc) is 4.08. The highest BCUT2D eigenvalue weighted by molar-refractivity contribution is 6.13. The van der Waals surface area contributed by atoms with Gasteiger partial charge in [-0.1, -0.05) is 188 Å². The Morgan fingerprint density at radius 1 is 0.329 bits per heavy atom. The minimum Gasteiger partial charge on any atom is -0.456 e. The van der Waals surface area contributed by atoms with Gasteiger partial charge in [0, 0.05) is 38.5 Å². The smallest absolute Gasteiger partial charge is 0.135 e. The molecule has 3 heteroatoms. The molecule has 2 aliphatic rings. The van der Waals surface area contributed by atoms with E-state index in [1.165, 1.54) is 72.0 Å². The molecule has 70 heavy (non-hydrogen) atoms. The van der Waals surface area contributed by atoms with Gasteiger partial charge in [-0.05, 0) is 128 Å². The first-order valence-corrected chi connectivity index (χ1v) is 24.2. The molecule has 0 N–H and O–H groups in total. The summed E-state index contributed by atoms with van der Waals surface area (Å²) < 4.78 is 8.73. The number of para-hydroxylation sites is 5. The van der Waals surface area contributed by atoms with Crippen LogP contribution in [0.4, 0.5) is 17.1 Å². The molecule has 2 aromatic heterocycles. The van der Waals surface area contributed by atoms with Crippen LogP contribution in [0.15, 0.2) is 259 Å². The second-order valence-corrected chi connectivity index (χ2v) is 18.8. The number of aromatic nitrogens is 1. The molecule has 0 bridgehead atoms. The number of benzene rings is 11. The largest absolute Gasteiger partial charge is 0.456 e. The molecule has 1 atom stereocenters. The summed E-state index contributed by atoms with van der Waals surface area (Å²) >= 11 is 0. The third kappa shape index (κ3) is 5.46. The van der Waals surface area contributed by atoms with Gasteiger partial charge in [0.25, 0.3) is 0 Å². The number of fused-ring (bicyclic) bond motifs is 15. The molecule has 11 aromatic carbocycles. The Bertz CT molecular complexity index is 4250. The summed E-state index contributed by atoms with van der Waals surface area (Å²) in [6.45, 7) is 0. The van der Waals surface area contributed by atoms with Gasteiger partial charge in [-0.2, -0.15) is 0 Å². The average molecular weight is 891 g/mol. The van der Waals surface area contributed by atoms with Gasteiger partial charge >= 0.3 is 0 Å². The van der Waals surface area contributed by atoms with E-state index in [4.69, 9.17) is 4.42 Å². The van der Waals surface area contributed by atoms with E-state index in [9.17, 15) is 0 Å². The summed E-state index contributed by atoms with van der Waals surface area (Å²) in [7, 11) is 0. The maximum atomic E-state index is 6.21. The van der Waals surface area contributed by atoms with Crippen molar-refractivity contribution in [3.05, 3.63) is 277 Å². The van der Waals surface area contributed by atoms with Crippen molar-refractivity contribution >= 4 is 60.8 Å². The van der Waals surface area contributed by atoms with Gasteiger partial charge in [-0.3, -0.25) is 0 Å². The van der Waals surface area contributed by atoms with Crippen molar-refractivity contribution < 1.29 is 4.42 Å². The van der Waals surface area contributed by atoms with Crippen molar-refractivity contribution in [3.63, 3.8) is 0 Å². The fraction of sp³-hybridized carbons (Fsp3) is 0.0149. The molecule has 13 aromatic rings. The van der Waals surface area contributed by atoms with Gasteiger partial charge in [0.1, 0.15) is 11.2 Å². The summed E-state index contributed by atoms with van der Waals surface area (Å²) in [6, 6.07) is 93.7. The first kappa shape index (κ1) is 38.9. The predicted molar refractivity (Wildman–Crippen MR) is 290 cm³/mol. The topological polar surface area (TPSA) is 21.3 Å². The minimum atomic E-state index is -0.533. The number of anilines is 3. The van der Waals surface area contributed by atoms with Crippen LogP contribution in [0.3, 0.4) is 0 Å². The van der Waals surface area contributed by atoms with Crippen LogP contribution >= 0.6 is 0 Å². The van der Waals surface area contributed by atoms with Crippen LogP contribution < -0.4 is 4.90 Å². The van der Waals surface area contributed by atoms with E-state index in [1.807, 2.05) is 12.1 Å². The molecular formula is C67H42N2O. The zero-order valence-electron chi connectivity index (χ0n) is 38.1. The Morgan fingerprint density at radius 3 is 1.83 bits per heavy atom. The Hall–Kier alpha value is -9.18. The molecule has 1 spiro atoms. The van der Waals surface area contributed by atoms with Gasteiger partial charge in [-0.25, -0.2) is 0 Å². The number of nitrogens with zero attached hydrogens (tertiary/aromatic N) is 2. The van der Waals surface area contributed by atoms with E-state index < -0.39 is 5.41 Å². The normalized spacial score (nSPS) is 14.3. The highest BCUT2D eigenvalue weighted by Crippen LogP contribution is 2.62. The fourth-order valence-electron chi connectivity index (χ4n) is 12.2. The quantitative estimate of drug-likeness (QED) is 0.166. The molecule has 0 radical (unpaired) electrons. The van der Waals surface area contributed by atoms with Gasteiger partial charge in [0.15, 0.2) is 0 Å². The number of rotatable bonds is 6. The van der Waals surface area contributed by atoms with Crippen LogP contribution in [0, 0.1) is 0 Å². The molecule has 1 aliphatic carbocycles. The SMILES string of the molecule is c1ccc(-c2cccc(-c3ccccc3N(c3ccc(-c4ccc5oc6ccccc6c5c4)cc3)c3ccc4c(c3)-c3ccccc3C43c4ccccc4-n4c5ccccc5c5cccc3c54)c2)cc1. The molecule has 0 fully saturated rings. The summed E-state index contributed by atoms with van der Waals surface area (Å²) in [5, 5.41) is 4.81. The molecule has 3 heterocycles. The van der Waals surface area contributed by atoms with Crippen molar-refractivity contribution in [1.29, 1.82) is 0 Å². The van der Waals surface area contributed by atoms with Gasteiger partial charge in [0.2, 0.25) is 0 Å². The van der Waals surface area contributed by atoms with E-state index >= 15 is 0 Å². The molecule has 3 nitrogen and oxygen atoms in total. The van der Waals surface area contributed by atoms with E-state index in [-0.39, 0.29) is 0 Å². The van der Waals surface area contributed by atoms with Crippen LogP contribution in [0.25, 0.3) is 93.9 Å². The Kier molecular flexibility index (Phi) is 8.28. The lowest BCUT2D eigenvalue weighted by molar-refractivity contribution is 0.669. The van der Waals surface area contributed by atoms with Crippen LogP contribution in [0.2, 0.25) is 0 Å². The summed E-state index contributed by atoms with van der Waals surface area (Å²) in [4.78, 5) is 2.46. The van der Waals surface area contributed by atoms with Crippen molar-refractivity contribution in [2.24, 2.45) is 0 Å². The van der Waals surface area contributed by atoms with Crippen LogP contribution in [0.5, 0.6) is 0 Å². The standard InChI is InChI=1S/C67H42N2O/c1-2-16-43(17-3-1)45-18-14-19-47(40-45)50-20-5-10-28-61(50)68(48-35-32-44(33-36-48)46-34-39-65-56(41-46)53-23-7-13-31-64(53)70-65)49-37-38-58-55(42-49)51-21-4-8-25-57(51)67(58)59-26-9-12-30-63(59)69-62-29-11-6-22-52(62)54-24-15-27-60(67)66(54)69/h1-42H. The summed E-state index contributed by atoms with van der Waals surface area (Å²) in [5.74, 6) is 0. The number of hydrogen-bond donors (Lipinski definition) is 0. The highest BCUT2D eigenvalue weighted by atomic mass is 16.3. The Labute approximate surface area is 405 Å². The van der Waals surface area contributed by atoms with Crippen LogP contribution in [-0.2, 0) is 5.41 Å². The van der Waals surface area contributed by atoms with Crippen molar-refractivity contribution in [2.45, 2.75) is 5.41 Å². The van der Waals surface area contributed by atoms with Crippen molar-refractivity contribution in [1.82, 2.24) is 4.57 Å². The first-order chi connectivity index (χ1) is 34.7. The summed E-state index contributed by atoms with van der Waals surface area (Å²) in [6.07, 6.45) is 0. The monoisotopic (exact) mass is 890 g/mol. The lowest BCUT2D eigenvalue weighted by atomic mass is 9.65. The minimum absolute atomic E-state index is 0.533. The third-order valence-corrected chi connectivity index (χ3v) is 15.2. The molecule has 0 saturated heterocycles. The Morgan fingerprint density at radius 2 is 0.929 bits per heavy atom. The lowest BCUT2D eigenvalue weighted by Gasteiger charge is -2.39. The van der Waals surface area contributed by atoms with E-state index in [1.54, 1.807) is 0 Å². The molecule has 0 saturated carbocycles. The summed E-state index contributed by atoms with van der Waals surface area (Å²) in [5.41, 5.74) is 23.0. The van der Waals surface area contributed by atoms with E-state index in [2.05, 4.69) is 252 Å². The molecule has 0 amide bonds. The van der Waals surface area contributed by atoms with Crippen molar-refractivity contribution in [2.75, 3.05) is 4.90 Å². The maximum absolute atomic E-state index is 6.21. The van der Waals surface area contributed by atoms with Gasteiger partial charge in [-0.15, -0.1) is 0 Å². The second-order valence-electron chi connectivity index (χ2n) is 18.8. The van der Waals surface area contributed by atoms with E-state index in [0.717, 1.165) is 61.3 Å². The maximum Gasteiger partial charge on any atom is 0.135 e. The Balaban J connectivity index is 0.946. The number of furan rings is 1. The predicted octanol–water partition coefficient (Wildman–Crippen LogP) is 17.8. The molecular weight excluding hydrogens is 849 g/mol. The lowest BCUT2D eigenvalue weighted by Crippen LogP contribution is -2.33. The molecule has 1 unspecified atom stereocenters. The molecule has 1 aliphatic heterocycles. The second kappa shape index (κ2) is 14.9. The van der Waals surface area contributed by atoms with Crippen LogP contribution in [0.1, 0.15) is 22.3 Å². The van der Waals surface area contributed by atoms with E-state index in [0.29, 0.717) is 0 Å². The van der Waals surface area contributed by atoms with Crippen molar-refractivity contribution in [3.8, 4) is 50.2 Å². The van der Waals surface area contributed by atoms with Crippen LogP contribution in [-0.4, -0.2) is 4.57 Å². The number of hydrogen-bond acceptors (Lipinski definition) is 2. The van der Waals surface area contributed by atoms with Gasteiger partial charge < -0.3 is 13.9 Å². The first-order valence-electron chi connectivity index (χ1n) is 24.2. The fourth-order valence-corrected chi connectivity index (χ4v) is 12.2. The zero-order chi connectivity index (χ0) is 45.9.